The Morgan fingerprint density at radius 1 is 1.50 bits per heavy atom. The van der Waals surface area contributed by atoms with Crippen LogP contribution in [-0.2, 0) is 4.74 Å². The molecule has 2 heteroatoms. The van der Waals surface area contributed by atoms with Crippen molar-refractivity contribution in [3.8, 4) is 6.07 Å². The number of ether oxygens (including phenoxy) is 1. The molecular weight excluding hydrogens is 150 g/mol. The molecule has 0 spiro atoms. The molecule has 0 aliphatic heterocycles. The average Bonchev–Trinajstić information content (AvgIpc) is 1.95. The first-order valence-electron chi connectivity index (χ1n) is 4.67. The minimum absolute atomic E-state index is 0.219. The number of nitriles is 1. The van der Waals surface area contributed by atoms with Crippen LogP contribution in [0.2, 0.25) is 0 Å². The summed E-state index contributed by atoms with van der Waals surface area (Å²) < 4.78 is 5.56. The molecule has 0 atom stereocenters. The first-order chi connectivity index (χ1) is 5.64. The molecule has 1 fully saturated rings. The quantitative estimate of drug-likeness (QED) is 0.644. The molecule has 0 saturated heterocycles. The smallest absolute Gasteiger partial charge is 0.0684 e. The molecule has 0 bridgehead atoms. The number of rotatable bonds is 4. The van der Waals surface area contributed by atoms with E-state index in [-0.39, 0.29) is 5.41 Å². The molecule has 0 aromatic rings. The van der Waals surface area contributed by atoms with Gasteiger partial charge in [-0.1, -0.05) is 0 Å². The van der Waals surface area contributed by atoms with Gasteiger partial charge >= 0.3 is 0 Å². The SMILES string of the molecule is CC(C)(C#N)CCOC1CCC1. The van der Waals surface area contributed by atoms with Gasteiger partial charge in [0.15, 0.2) is 0 Å². The Labute approximate surface area is 74.5 Å². The predicted molar refractivity (Wildman–Crippen MR) is 47.6 cm³/mol. The van der Waals surface area contributed by atoms with Crippen LogP contribution >= 0.6 is 0 Å². The Hall–Kier alpha value is -0.550. The maximum absolute atomic E-state index is 8.72. The second kappa shape index (κ2) is 3.91. The maximum atomic E-state index is 8.72. The van der Waals surface area contributed by atoms with E-state index in [2.05, 4.69) is 6.07 Å². The summed E-state index contributed by atoms with van der Waals surface area (Å²) >= 11 is 0. The number of nitrogens with zero attached hydrogens (tertiary/aromatic N) is 1. The Kier molecular flexibility index (Phi) is 3.11. The van der Waals surface area contributed by atoms with E-state index in [0.717, 1.165) is 13.0 Å². The van der Waals surface area contributed by atoms with E-state index in [0.29, 0.717) is 6.10 Å². The first-order valence-corrected chi connectivity index (χ1v) is 4.67. The van der Waals surface area contributed by atoms with Gasteiger partial charge in [-0.15, -0.1) is 0 Å². The van der Waals surface area contributed by atoms with Crippen molar-refractivity contribution in [2.24, 2.45) is 5.41 Å². The van der Waals surface area contributed by atoms with Gasteiger partial charge in [-0.2, -0.15) is 5.26 Å². The summed E-state index contributed by atoms with van der Waals surface area (Å²) in [6.45, 7) is 4.65. The van der Waals surface area contributed by atoms with Crippen molar-refractivity contribution in [2.75, 3.05) is 6.61 Å². The maximum Gasteiger partial charge on any atom is 0.0684 e. The van der Waals surface area contributed by atoms with Crippen LogP contribution in [0.25, 0.3) is 0 Å². The van der Waals surface area contributed by atoms with Gasteiger partial charge in [0.1, 0.15) is 0 Å². The fourth-order valence-electron chi connectivity index (χ4n) is 1.07. The van der Waals surface area contributed by atoms with Crippen molar-refractivity contribution in [3.05, 3.63) is 0 Å². The van der Waals surface area contributed by atoms with E-state index in [1.54, 1.807) is 0 Å². The fraction of sp³-hybridized carbons (Fsp3) is 0.900. The molecule has 68 valence electrons. The van der Waals surface area contributed by atoms with E-state index in [9.17, 15) is 0 Å². The van der Waals surface area contributed by atoms with Crippen molar-refractivity contribution in [1.29, 1.82) is 5.26 Å². The van der Waals surface area contributed by atoms with E-state index in [1.165, 1.54) is 19.3 Å². The van der Waals surface area contributed by atoms with Crippen LogP contribution in [0.1, 0.15) is 39.5 Å². The van der Waals surface area contributed by atoms with E-state index >= 15 is 0 Å². The Bertz CT molecular complexity index is 177. The third kappa shape index (κ3) is 2.83. The van der Waals surface area contributed by atoms with Crippen molar-refractivity contribution in [2.45, 2.75) is 45.6 Å². The zero-order chi connectivity index (χ0) is 9.03. The summed E-state index contributed by atoms with van der Waals surface area (Å²) in [5, 5.41) is 8.72. The summed E-state index contributed by atoms with van der Waals surface area (Å²) in [5.41, 5.74) is -0.219. The minimum Gasteiger partial charge on any atom is -0.378 e. The second-order valence-corrected chi connectivity index (χ2v) is 4.17. The van der Waals surface area contributed by atoms with Crippen LogP contribution in [0, 0.1) is 16.7 Å². The molecule has 1 saturated carbocycles. The minimum atomic E-state index is -0.219. The lowest BCUT2D eigenvalue weighted by molar-refractivity contribution is -0.00569. The third-order valence-corrected chi connectivity index (χ3v) is 2.44. The fourth-order valence-corrected chi connectivity index (χ4v) is 1.07. The van der Waals surface area contributed by atoms with Crippen LogP contribution < -0.4 is 0 Å². The Morgan fingerprint density at radius 2 is 2.17 bits per heavy atom. The van der Waals surface area contributed by atoms with Crippen molar-refractivity contribution in [3.63, 3.8) is 0 Å². The topological polar surface area (TPSA) is 33.0 Å². The summed E-state index contributed by atoms with van der Waals surface area (Å²) in [5.74, 6) is 0. The normalized spacial score (nSPS) is 18.4. The number of hydrogen-bond acceptors (Lipinski definition) is 2. The molecular formula is C10H17NO. The Morgan fingerprint density at radius 3 is 2.58 bits per heavy atom. The molecule has 0 aromatic heterocycles. The summed E-state index contributed by atoms with van der Waals surface area (Å²) in [7, 11) is 0. The highest BCUT2D eigenvalue weighted by molar-refractivity contribution is 4.91. The first kappa shape index (κ1) is 9.54. The van der Waals surface area contributed by atoms with Crippen LogP contribution in [0.4, 0.5) is 0 Å². The monoisotopic (exact) mass is 167 g/mol. The summed E-state index contributed by atoms with van der Waals surface area (Å²) in [6, 6.07) is 2.27. The van der Waals surface area contributed by atoms with Crippen LogP contribution in [0.3, 0.4) is 0 Å². The van der Waals surface area contributed by atoms with Crippen molar-refractivity contribution < 1.29 is 4.74 Å². The number of hydrogen-bond donors (Lipinski definition) is 0. The largest absolute Gasteiger partial charge is 0.378 e. The molecule has 0 radical (unpaired) electrons. The highest BCUT2D eigenvalue weighted by atomic mass is 16.5. The molecule has 2 nitrogen and oxygen atoms in total. The van der Waals surface area contributed by atoms with Gasteiger partial charge in [0.25, 0.3) is 0 Å². The van der Waals surface area contributed by atoms with E-state index in [1.807, 2.05) is 13.8 Å². The van der Waals surface area contributed by atoms with E-state index < -0.39 is 0 Å². The van der Waals surface area contributed by atoms with Crippen molar-refractivity contribution >= 4 is 0 Å². The zero-order valence-electron chi connectivity index (χ0n) is 7.97. The van der Waals surface area contributed by atoms with Gasteiger partial charge in [0.05, 0.1) is 17.6 Å². The van der Waals surface area contributed by atoms with Gasteiger partial charge < -0.3 is 4.74 Å². The molecule has 1 aliphatic rings. The molecule has 0 unspecified atom stereocenters. The average molecular weight is 167 g/mol. The lowest BCUT2D eigenvalue weighted by Gasteiger charge is -2.26. The lowest BCUT2D eigenvalue weighted by atomic mass is 9.91. The van der Waals surface area contributed by atoms with Gasteiger partial charge in [0, 0.05) is 6.61 Å². The third-order valence-electron chi connectivity index (χ3n) is 2.44. The molecule has 0 heterocycles. The second-order valence-electron chi connectivity index (χ2n) is 4.17. The van der Waals surface area contributed by atoms with Crippen LogP contribution in [0.5, 0.6) is 0 Å². The van der Waals surface area contributed by atoms with E-state index in [4.69, 9.17) is 10.00 Å². The lowest BCUT2D eigenvalue weighted by Crippen LogP contribution is -2.23. The van der Waals surface area contributed by atoms with Crippen molar-refractivity contribution in [1.82, 2.24) is 0 Å². The molecule has 0 N–H and O–H groups in total. The molecule has 1 aliphatic carbocycles. The Balaban J connectivity index is 2.05. The standard InChI is InChI=1S/C10H17NO/c1-10(2,8-11)6-7-12-9-4-3-5-9/h9H,3-7H2,1-2H3. The molecule has 12 heavy (non-hydrogen) atoms. The van der Waals surface area contributed by atoms with Gasteiger partial charge in [-0.3, -0.25) is 0 Å². The van der Waals surface area contributed by atoms with Gasteiger partial charge in [-0.05, 0) is 39.5 Å². The van der Waals surface area contributed by atoms with Gasteiger partial charge in [-0.25, -0.2) is 0 Å². The zero-order valence-corrected chi connectivity index (χ0v) is 7.97. The molecule has 0 aromatic carbocycles. The summed E-state index contributed by atoms with van der Waals surface area (Å²) in [6.07, 6.45) is 5.09. The molecule has 0 amide bonds. The summed E-state index contributed by atoms with van der Waals surface area (Å²) in [4.78, 5) is 0. The van der Waals surface area contributed by atoms with Gasteiger partial charge in [0.2, 0.25) is 0 Å². The highest BCUT2D eigenvalue weighted by Gasteiger charge is 2.20. The van der Waals surface area contributed by atoms with Crippen LogP contribution in [-0.4, -0.2) is 12.7 Å². The van der Waals surface area contributed by atoms with Crippen LogP contribution in [0.15, 0.2) is 0 Å². The molecule has 1 rings (SSSR count). The predicted octanol–water partition coefficient (Wildman–Crippen LogP) is 2.50. The highest BCUT2D eigenvalue weighted by Crippen LogP contribution is 2.24.